The molecule has 2 N–H and O–H groups in total. The van der Waals surface area contributed by atoms with Crippen molar-refractivity contribution >= 4 is 28.8 Å². The highest BCUT2D eigenvalue weighted by Gasteiger charge is 2.21. The number of nitrogens with zero attached hydrogens (tertiary/aromatic N) is 3. The molecule has 0 amide bonds. The third-order valence-electron chi connectivity index (χ3n) is 3.89. The maximum Gasteiger partial charge on any atom is 0.173 e. The number of hydrogen-bond donors (Lipinski definition) is 2. The van der Waals surface area contributed by atoms with Crippen LogP contribution in [0.15, 0.2) is 48.7 Å². The molecule has 128 valence electrons. The Balaban J connectivity index is 1.96. The predicted molar refractivity (Wildman–Crippen MR) is 94.3 cm³/mol. The van der Waals surface area contributed by atoms with Crippen molar-refractivity contribution in [2.45, 2.75) is 0 Å². The number of hydrogen-bond acceptors (Lipinski definition) is 3. The molecule has 0 aliphatic rings. The summed E-state index contributed by atoms with van der Waals surface area (Å²) >= 11 is 6.20. The number of para-hydroxylation sites is 1. The SMILES string of the molecule is N#Cc1c[nH]n2c(Nc3ccccc3Cl)c(-c3ccc(F)cc3F)nc12. The van der Waals surface area contributed by atoms with Crippen molar-refractivity contribution in [3.05, 3.63) is 70.9 Å². The van der Waals surface area contributed by atoms with Crippen LogP contribution in [0.5, 0.6) is 0 Å². The van der Waals surface area contributed by atoms with Crippen LogP contribution in [0.4, 0.5) is 20.3 Å². The van der Waals surface area contributed by atoms with E-state index in [0.717, 1.165) is 12.1 Å². The minimum Gasteiger partial charge on any atom is -0.337 e. The number of aromatic amines is 1. The summed E-state index contributed by atoms with van der Waals surface area (Å²) < 4.78 is 29.1. The first-order valence-electron chi connectivity index (χ1n) is 7.55. The van der Waals surface area contributed by atoms with E-state index < -0.39 is 11.6 Å². The Kier molecular flexibility index (Phi) is 3.82. The molecule has 26 heavy (non-hydrogen) atoms. The molecule has 8 heteroatoms. The third-order valence-corrected chi connectivity index (χ3v) is 4.22. The number of benzene rings is 2. The van der Waals surface area contributed by atoms with Gasteiger partial charge in [-0.15, -0.1) is 0 Å². The van der Waals surface area contributed by atoms with Crippen LogP contribution in [0.2, 0.25) is 5.02 Å². The zero-order valence-electron chi connectivity index (χ0n) is 13.1. The largest absolute Gasteiger partial charge is 0.337 e. The second-order valence-corrected chi connectivity index (χ2v) is 5.90. The molecule has 0 bridgehead atoms. The van der Waals surface area contributed by atoms with Crippen molar-refractivity contribution in [1.29, 1.82) is 5.26 Å². The van der Waals surface area contributed by atoms with Gasteiger partial charge in [-0.05, 0) is 24.3 Å². The molecule has 2 aromatic carbocycles. The lowest BCUT2D eigenvalue weighted by atomic mass is 10.1. The molecule has 0 saturated carbocycles. The van der Waals surface area contributed by atoms with Crippen molar-refractivity contribution in [1.82, 2.24) is 14.6 Å². The Bertz CT molecular complexity index is 1170. The highest BCUT2D eigenvalue weighted by Crippen LogP contribution is 2.35. The Hall–Kier alpha value is -3.37. The molecule has 0 radical (unpaired) electrons. The monoisotopic (exact) mass is 369 g/mol. The molecule has 0 unspecified atom stereocenters. The fourth-order valence-electron chi connectivity index (χ4n) is 2.68. The van der Waals surface area contributed by atoms with Gasteiger partial charge in [0.05, 0.1) is 10.7 Å². The lowest BCUT2D eigenvalue weighted by Crippen LogP contribution is -1.99. The summed E-state index contributed by atoms with van der Waals surface area (Å²) in [7, 11) is 0. The van der Waals surface area contributed by atoms with Crippen LogP contribution in [0.25, 0.3) is 16.9 Å². The fourth-order valence-corrected chi connectivity index (χ4v) is 2.86. The minimum absolute atomic E-state index is 0.0990. The van der Waals surface area contributed by atoms with Crippen molar-refractivity contribution in [3.63, 3.8) is 0 Å². The van der Waals surface area contributed by atoms with Gasteiger partial charge in [0.2, 0.25) is 0 Å². The standard InChI is InChI=1S/C18H10ClF2N5/c19-13-3-1-2-4-15(13)24-18-16(12-6-5-11(20)7-14(12)21)25-17-10(8-22)9-23-26(17)18/h1-7,9,23-24H. The summed E-state index contributed by atoms with van der Waals surface area (Å²) in [6, 6.07) is 12.3. The normalized spacial score (nSPS) is 10.8. The van der Waals surface area contributed by atoms with E-state index in [4.69, 9.17) is 11.6 Å². The fraction of sp³-hybridized carbons (Fsp3) is 0. The molecule has 2 heterocycles. The molecule has 0 spiro atoms. The van der Waals surface area contributed by atoms with Crippen LogP contribution in [0.1, 0.15) is 5.56 Å². The van der Waals surface area contributed by atoms with E-state index in [-0.39, 0.29) is 11.3 Å². The lowest BCUT2D eigenvalue weighted by molar-refractivity contribution is 0.585. The first-order valence-corrected chi connectivity index (χ1v) is 7.93. The van der Waals surface area contributed by atoms with Crippen molar-refractivity contribution in [2.75, 3.05) is 5.32 Å². The number of aromatic nitrogens is 3. The molecule has 0 aliphatic heterocycles. The molecule has 0 aliphatic carbocycles. The maximum absolute atomic E-state index is 14.3. The number of anilines is 2. The Morgan fingerprint density at radius 2 is 2.00 bits per heavy atom. The Morgan fingerprint density at radius 3 is 2.73 bits per heavy atom. The van der Waals surface area contributed by atoms with Gasteiger partial charge >= 0.3 is 0 Å². The number of imidazole rings is 1. The molecule has 4 rings (SSSR count). The lowest BCUT2D eigenvalue weighted by Gasteiger charge is -2.10. The third kappa shape index (κ3) is 2.57. The topological polar surface area (TPSA) is 68.9 Å². The maximum atomic E-state index is 14.3. The average molecular weight is 370 g/mol. The second-order valence-electron chi connectivity index (χ2n) is 5.50. The highest BCUT2D eigenvalue weighted by molar-refractivity contribution is 6.33. The molecule has 4 aromatic rings. The van der Waals surface area contributed by atoms with Gasteiger partial charge in [-0.25, -0.2) is 18.3 Å². The second kappa shape index (κ2) is 6.17. The van der Waals surface area contributed by atoms with E-state index in [1.165, 1.54) is 16.8 Å². The highest BCUT2D eigenvalue weighted by atomic mass is 35.5. The average Bonchev–Trinajstić information content (AvgIpc) is 3.17. The van der Waals surface area contributed by atoms with Crippen LogP contribution < -0.4 is 5.32 Å². The number of nitrogens with one attached hydrogen (secondary N) is 2. The quantitative estimate of drug-likeness (QED) is 0.541. The van der Waals surface area contributed by atoms with Gasteiger partial charge in [-0.2, -0.15) is 5.26 Å². The van der Waals surface area contributed by atoms with Crippen molar-refractivity contribution in [3.8, 4) is 17.3 Å². The van der Waals surface area contributed by atoms with Gasteiger partial charge in [-0.1, -0.05) is 23.7 Å². The van der Waals surface area contributed by atoms with Crippen molar-refractivity contribution < 1.29 is 8.78 Å². The summed E-state index contributed by atoms with van der Waals surface area (Å²) in [5, 5.41) is 15.7. The van der Waals surface area contributed by atoms with Gasteiger partial charge < -0.3 is 5.32 Å². The van der Waals surface area contributed by atoms with E-state index in [0.29, 0.717) is 27.7 Å². The van der Waals surface area contributed by atoms with E-state index in [1.807, 2.05) is 6.07 Å². The molecular formula is C18H10ClF2N5. The van der Waals surface area contributed by atoms with E-state index in [9.17, 15) is 14.0 Å². The van der Waals surface area contributed by atoms with Gasteiger partial charge in [-0.3, -0.25) is 5.10 Å². The molecule has 2 aromatic heterocycles. The Morgan fingerprint density at radius 1 is 1.19 bits per heavy atom. The molecular weight excluding hydrogens is 360 g/mol. The summed E-state index contributed by atoms with van der Waals surface area (Å²) in [4.78, 5) is 4.37. The summed E-state index contributed by atoms with van der Waals surface area (Å²) in [6.07, 6.45) is 1.49. The molecule has 5 nitrogen and oxygen atoms in total. The minimum atomic E-state index is -0.758. The van der Waals surface area contributed by atoms with Gasteiger partial charge in [0.15, 0.2) is 11.5 Å². The molecule has 0 atom stereocenters. The number of H-pyrrole nitrogens is 1. The Labute approximate surface area is 151 Å². The smallest absolute Gasteiger partial charge is 0.173 e. The van der Waals surface area contributed by atoms with Crippen LogP contribution in [-0.4, -0.2) is 14.6 Å². The number of nitriles is 1. The molecule has 0 saturated heterocycles. The zero-order chi connectivity index (χ0) is 18.3. The predicted octanol–water partition coefficient (Wildman–Crippen LogP) is 4.88. The first-order chi connectivity index (χ1) is 12.6. The van der Waals surface area contributed by atoms with Crippen LogP contribution >= 0.6 is 11.6 Å². The van der Waals surface area contributed by atoms with Gasteiger partial charge in [0, 0.05) is 17.8 Å². The number of halogens is 3. The molecule has 0 fully saturated rings. The summed E-state index contributed by atoms with van der Waals surface area (Å²) in [5.74, 6) is -1.07. The number of fused-ring (bicyclic) bond motifs is 1. The first kappa shape index (κ1) is 16.1. The van der Waals surface area contributed by atoms with Crippen LogP contribution in [0, 0.1) is 23.0 Å². The van der Waals surface area contributed by atoms with Gasteiger partial charge in [0.1, 0.15) is 29.0 Å². The van der Waals surface area contributed by atoms with Crippen LogP contribution in [-0.2, 0) is 0 Å². The zero-order valence-corrected chi connectivity index (χ0v) is 13.9. The van der Waals surface area contributed by atoms with Crippen LogP contribution in [0.3, 0.4) is 0 Å². The van der Waals surface area contributed by atoms with Crippen molar-refractivity contribution in [2.24, 2.45) is 0 Å². The number of rotatable bonds is 3. The van der Waals surface area contributed by atoms with E-state index in [2.05, 4.69) is 15.4 Å². The van der Waals surface area contributed by atoms with E-state index >= 15 is 0 Å². The van der Waals surface area contributed by atoms with E-state index in [1.54, 1.807) is 24.3 Å². The van der Waals surface area contributed by atoms with Gasteiger partial charge in [0.25, 0.3) is 0 Å². The summed E-state index contributed by atoms with van der Waals surface area (Å²) in [6.45, 7) is 0. The summed E-state index contributed by atoms with van der Waals surface area (Å²) in [5.41, 5.74) is 1.52.